The molecule has 2 aliphatic heterocycles. The Balaban J connectivity index is 1.52. The van der Waals surface area contributed by atoms with Gasteiger partial charge in [-0.2, -0.15) is 0 Å². The van der Waals surface area contributed by atoms with Crippen LogP contribution in [0.15, 0.2) is 61.1 Å². The van der Waals surface area contributed by atoms with Crippen molar-refractivity contribution in [2.75, 3.05) is 13.3 Å². The molecule has 0 atom stereocenters. The number of nitrogens with zero attached hydrogens (tertiary/aromatic N) is 2. The van der Waals surface area contributed by atoms with Gasteiger partial charge in [-0.3, -0.25) is 9.36 Å². The number of fused-ring (bicyclic) bond motifs is 2. The maximum atomic E-state index is 13.0. The lowest BCUT2D eigenvalue weighted by Gasteiger charge is -2.21. The lowest BCUT2D eigenvalue weighted by Crippen LogP contribution is -2.23. The molecule has 0 amide bonds. The number of ether oxygens (including phenoxy) is 2. The van der Waals surface area contributed by atoms with Crippen LogP contribution in [0.4, 0.5) is 0 Å². The average molecular weight is 359 g/mol. The lowest BCUT2D eigenvalue weighted by molar-refractivity contribution is 0.104. The number of hydrogen-bond acceptors (Lipinski definition) is 5. The zero-order valence-corrected chi connectivity index (χ0v) is 14.5. The Bertz CT molecular complexity index is 1050. The van der Waals surface area contributed by atoms with Gasteiger partial charge in [-0.15, -0.1) is 0 Å². The Morgan fingerprint density at radius 3 is 2.81 bits per heavy atom. The van der Waals surface area contributed by atoms with Crippen LogP contribution in [0, 0.1) is 0 Å². The molecule has 2 aromatic carbocycles. The number of benzene rings is 2. The van der Waals surface area contributed by atoms with Gasteiger partial charge in [0.15, 0.2) is 11.5 Å². The van der Waals surface area contributed by atoms with Gasteiger partial charge in [0.1, 0.15) is 5.69 Å². The molecule has 0 unspecified atom stereocenters. The molecule has 134 valence electrons. The third-order valence-electron chi connectivity index (χ3n) is 4.80. The van der Waals surface area contributed by atoms with Gasteiger partial charge in [0, 0.05) is 29.6 Å². The van der Waals surface area contributed by atoms with E-state index in [0.717, 1.165) is 41.2 Å². The Morgan fingerprint density at radius 1 is 1.15 bits per heavy atom. The summed E-state index contributed by atoms with van der Waals surface area (Å²) < 4.78 is 12.7. The highest BCUT2D eigenvalue weighted by Crippen LogP contribution is 2.38. The molecular weight excluding hydrogens is 342 g/mol. The van der Waals surface area contributed by atoms with Crippen LogP contribution < -0.4 is 14.8 Å². The smallest absolute Gasteiger partial charge is 0.231 e. The number of para-hydroxylation sites is 1. The van der Waals surface area contributed by atoms with Crippen LogP contribution in [-0.4, -0.2) is 28.7 Å². The largest absolute Gasteiger partial charge is 0.454 e. The van der Waals surface area contributed by atoms with Crippen LogP contribution >= 0.6 is 0 Å². The van der Waals surface area contributed by atoms with E-state index in [1.54, 1.807) is 23.2 Å². The van der Waals surface area contributed by atoms with Crippen LogP contribution in [0.3, 0.4) is 0 Å². The summed E-state index contributed by atoms with van der Waals surface area (Å²) in [6.07, 6.45) is 5.76. The van der Waals surface area contributed by atoms with E-state index in [1.807, 2.05) is 42.5 Å². The molecule has 0 bridgehead atoms. The second kappa shape index (κ2) is 6.32. The van der Waals surface area contributed by atoms with Crippen molar-refractivity contribution >= 4 is 11.5 Å². The highest BCUT2D eigenvalue weighted by Gasteiger charge is 2.22. The molecular formula is C21H17N3O3. The third-order valence-corrected chi connectivity index (χ3v) is 4.80. The summed E-state index contributed by atoms with van der Waals surface area (Å²) in [5, 5.41) is 3.33. The van der Waals surface area contributed by atoms with Crippen molar-refractivity contribution in [3.63, 3.8) is 0 Å². The Morgan fingerprint density at radius 2 is 1.96 bits per heavy atom. The molecule has 3 aromatic rings. The fourth-order valence-corrected chi connectivity index (χ4v) is 3.47. The normalized spacial score (nSPS) is 16.1. The van der Waals surface area contributed by atoms with E-state index in [9.17, 15) is 4.79 Å². The number of allylic oxidation sites excluding steroid dienone is 1. The summed E-state index contributed by atoms with van der Waals surface area (Å²) in [5.41, 5.74) is 4.33. The van der Waals surface area contributed by atoms with Crippen molar-refractivity contribution in [1.82, 2.24) is 14.9 Å². The van der Waals surface area contributed by atoms with E-state index in [2.05, 4.69) is 10.3 Å². The van der Waals surface area contributed by atoms with E-state index in [0.29, 0.717) is 11.4 Å². The summed E-state index contributed by atoms with van der Waals surface area (Å²) >= 11 is 0. The molecule has 6 nitrogen and oxygen atoms in total. The van der Waals surface area contributed by atoms with Crippen LogP contribution in [-0.2, 0) is 6.42 Å². The fourth-order valence-electron chi connectivity index (χ4n) is 3.47. The topological polar surface area (TPSA) is 65.4 Å². The molecule has 0 spiro atoms. The first kappa shape index (κ1) is 15.7. The number of imidazole rings is 1. The summed E-state index contributed by atoms with van der Waals surface area (Å²) in [4.78, 5) is 17.1. The minimum Gasteiger partial charge on any atom is -0.454 e. The monoisotopic (exact) mass is 359 g/mol. The molecule has 0 saturated heterocycles. The second-order valence-electron chi connectivity index (χ2n) is 6.45. The Hall–Kier alpha value is -3.54. The quantitative estimate of drug-likeness (QED) is 0.575. The molecule has 27 heavy (non-hydrogen) atoms. The van der Waals surface area contributed by atoms with E-state index in [-0.39, 0.29) is 12.6 Å². The standard InChI is InChI=1S/C21H17N3O3/c25-19(18-11-22-12-24(18)15-4-2-1-3-5-15)10-17-16-9-21-20(26-13-27-21)8-14(16)6-7-23-17/h1-5,8-12,23H,6-7,13H2. The molecule has 1 aromatic heterocycles. The first-order valence-corrected chi connectivity index (χ1v) is 8.80. The van der Waals surface area contributed by atoms with Gasteiger partial charge in [-0.25, -0.2) is 4.98 Å². The van der Waals surface area contributed by atoms with E-state index in [4.69, 9.17) is 9.47 Å². The van der Waals surface area contributed by atoms with Crippen molar-refractivity contribution in [3.05, 3.63) is 77.9 Å². The summed E-state index contributed by atoms with van der Waals surface area (Å²) in [5.74, 6) is 1.37. The lowest BCUT2D eigenvalue weighted by atomic mass is 9.96. The number of ketones is 1. The molecule has 6 heteroatoms. The molecule has 0 aliphatic carbocycles. The van der Waals surface area contributed by atoms with Crippen LogP contribution in [0.5, 0.6) is 11.5 Å². The fraction of sp³-hybridized carbons (Fsp3) is 0.143. The van der Waals surface area contributed by atoms with Gasteiger partial charge < -0.3 is 14.8 Å². The number of hydrogen-bond donors (Lipinski definition) is 1. The zero-order chi connectivity index (χ0) is 18.2. The van der Waals surface area contributed by atoms with Crippen molar-refractivity contribution in [2.45, 2.75) is 6.42 Å². The molecule has 0 fully saturated rings. The minimum atomic E-state index is -0.107. The van der Waals surface area contributed by atoms with Gasteiger partial charge in [0.2, 0.25) is 12.6 Å². The summed E-state index contributed by atoms with van der Waals surface area (Å²) in [6.45, 7) is 1.00. The van der Waals surface area contributed by atoms with Gasteiger partial charge in [0.05, 0.1) is 12.5 Å². The van der Waals surface area contributed by atoms with Crippen molar-refractivity contribution in [3.8, 4) is 17.2 Å². The highest BCUT2D eigenvalue weighted by molar-refractivity contribution is 6.07. The number of nitrogens with one attached hydrogen (secondary N) is 1. The van der Waals surface area contributed by atoms with Crippen LogP contribution in [0.2, 0.25) is 0 Å². The van der Waals surface area contributed by atoms with E-state index in [1.165, 1.54) is 0 Å². The van der Waals surface area contributed by atoms with Gasteiger partial charge in [0.25, 0.3) is 0 Å². The van der Waals surface area contributed by atoms with Crippen molar-refractivity contribution in [1.29, 1.82) is 0 Å². The SMILES string of the molecule is O=C(C=C1NCCc2cc3c(cc21)OCO3)c1cncn1-c1ccccc1. The molecule has 2 aliphatic rings. The predicted octanol–water partition coefficient (Wildman–Crippen LogP) is 2.97. The third kappa shape index (κ3) is 2.75. The summed E-state index contributed by atoms with van der Waals surface area (Å²) in [7, 11) is 0. The molecule has 0 saturated carbocycles. The first-order valence-electron chi connectivity index (χ1n) is 8.80. The summed E-state index contributed by atoms with van der Waals surface area (Å²) in [6, 6.07) is 13.6. The predicted molar refractivity (Wildman–Crippen MR) is 100 cm³/mol. The molecule has 0 radical (unpaired) electrons. The second-order valence-corrected chi connectivity index (χ2v) is 6.45. The Kier molecular flexibility index (Phi) is 3.67. The average Bonchev–Trinajstić information content (AvgIpc) is 3.36. The minimum absolute atomic E-state index is 0.107. The van der Waals surface area contributed by atoms with Crippen molar-refractivity contribution in [2.24, 2.45) is 0 Å². The van der Waals surface area contributed by atoms with Gasteiger partial charge in [-0.1, -0.05) is 18.2 Å². The maximum Gasteiger partial charge on any atom is 0.231 e. The van der Waals surface area contributed by atoms with E-state index >= 15 is 0 Å². The zero-order valence-electron chi connectivity index (χ0n) is 14.5. The van der Waals surface area contributed by atoms with Crippen LogP contribution in [0.25, 0.3) is 11.4 Å². The van der Waals surface area contributed by atoms with Crippen molar-refractivity contribution < 1.29 is 14.3 Å². The van der Waals surface area contributed by atoms with Crippen LogP contribution in [0.1, 0.15) is 21.6 Å². The van der Waals surface area contributed by atoms with Gasteiger partial charge >= 0.3 is 0 Å². The number of carbonyl (C=O) groups excluding carboxylic acids is 1. The van der Waals surface area contributed by atoms with E-state index < -0.39 is 0 Å². The highest BCUT2D eigenvalue weighted by atomic mass is 16.7. The number of aromatic nitrogens is 2. The number of carbonyl (C=O) groups is 1. The molecule has 1 N–H and O–H groups in total. The maximum absolute atomic E-state index is 13.0. The van der Waals surface area contributed by atoms with Gasteiger partial charge in [-0.05, 0) is 36.2 Å². The molecule has 3 heterocycles. The number of rotatable bonds is 3. The molecule has 5 rings (SSSR count). The first-order chi connectivity index (χ1) is 13.3. The Labute approximate surface area is 156 Å².